The number of rotatable bonds is 4. The summed E-state index contributed by atoms with van der Waals surface area (Å²) >= 11 is 0. The zero-order valence-electron chi connectivity index (χ0n) is 16.9. The summed E-state index contributed by atoms with van der Waals surface area (Å²) in [6, 6.07) is 8.44. The first-order valence-electron chi connectivity index (χ1n) is 9.92. The van der Waals surface area contributed by atoms with Crippen molar-refractivity contribution in [3.8, 4) is 11.4 Å². The lowest BCUT2D eigenvalue weighted by Crippen LogP contribution is -2.45. The number of methoxy groups -OCH3 is 1. The molecule has 0 aliphatic carbocycles. The summed E-state index contributed by atoms with van der Waals surface area (Å²) in [4.78, 5) is 18.7. The molecule has 7 heteroatoms. The highest BCUT2D eigenvalue weighted by molar-refractivity contribution is 5.74. The lowest BCUT2D eigenvalue weighted by atomic mass is 9.95. The summed E-state index contributed by atoms with van der Waals surface area (Å²) in [5.74, 6) is 1.36. The average Bonchev–Trinajstić information content (AvgIpc) is 2.97. The molecule has 5 rings (SSSR count). The van der Waals surface area contributed by atoms with E-state index < -0.39 is 0 Å². The van der Waals surface area contributed by atoms with Gasteiger partial charge < -0.3 is 14.5 Å². The second-order valence-corrected chi connectivity index (χ2v) is 8.07. The van der Waals surface area contributed by atoms with Gasteiger partial charge in [0.25, 0.3) is 0 Å². The Morgan fingerprint density at radius 1 is 1.21 bits per heavy atom. The Bertz CT molecular complexity index is 834. The second-order valence-electron chi connectivity index (χ2n) is 8.07. The van der Waals surface area contributed by atoms with E-state index in [-0.39, 0.29) is 6.03 Å². The van der Waals surface area contributed by atoms with E-state index in [4.69, 9.17) is 4.74 Å². The van der Waals surface area contributed by atoms with Crippen LogP contribution in [0.25, 0.3) is 5.69 Å². The highest BCUT2D eigenvalue weighted by Crippen LogP contribution is 2.30. The Labute approximate surface area is 166 Å². The second kappa shape index (κ2) is 7.83. The molecule has 3 aliphatic heterocycles. The normalized spacial score (nSPS) is 22.2. The predicted molar refractivity (Wildman–Crippen MR) is 108 cm³/mol. The highest BCUT2D eigenvalue weighted by atomic mass is 16.5. The van der Waals surface area contributed by atoms with E-state index in [1.54, 1.807) is 12.0 Å². The average molecular weight is 383 g/mol. The first kappa shape index (κ1) is 18.8. The maximum absolute atomic E-state index is 12.5. The molecule has 1 aromatic carbocycles. The SMILES string of the molecule is COc1ccccc1-n1cc(CN2C[C@H]3CC[C@@H]2CN(C(=O)N(C)C)C3)cn1. The van der Waals surface area contributed by atoms with Gasteiger partial charge in [-0.1, -0.05) is 12.1 Å². The summed E-state index contributed by atoms with van der Waals surface area (Å²) in [5, 5.41) is 4.55. The van der Waals surface area contributed by atoms with Gasteiger partial charge in [0, 0.05) is 58.1 Å². The van der Waals surface area contributed by atoms with E-state index in [1.165, 1.54) is 12.0 Å². The fraction of sp³-hybridized carbons (Fsp3) is 0.524. The van der Waals surface area contributed by atoms with Gasteiger partial charge in [-0.2, -0.15) is 5.10 Å². The molecule has 1 aromatic heterocycles. The number of piperidine rings is 1. The van der Waals surface area contributed by atoms with Gasteiger partial charge in [-0.25, -0.2) is 9.48 Å². The molecular weight excluding hydrogens is 354 g/mol. The topological polar surface area (TPSA) is 53.8 Å². The number of ether oxygens (including phenoxy) is 1. The molecule has 3 fully saturated rings. The zero-order chi connectivity index (χ0) is 19.7. The number of aromatic nitrogens is 2. The van der Waals surface area contributed by atoms with Crippen LogP contribution < -0.4 is 4.74 Å². The standard InChI is InChI=1S/C21H29N5O2/c1-23(2)21(27)25-12-16-8-9-18(15-25)24(11-16)13-17-10-22-26(14-17)19-6-4-5-7-20(19)28-3/h4-7,10,14,16,18H,8-9,11-13,15H2,1-3H3/t16-,18-/m1/s1. The Kier molecular flexibility index (Phi) is 5.26. The van der Waals surface area contributed by atoms with Crippen molar-refractivity contribution in [1.29, 1.82) is 0 Å². The molecule has 2 atom stereocenters. The van der Waals surface area contributed by atoms with Gasteiger partial charge in [0.1, 0.15) is 11.4 Å². The predicted octanol–water partition coefficient (Wildman–Crippen LogP) is 2.46. The fourth-order valence-electron chi connectivity index (χ4n) is 4.44. The summed E-state index contributed by atoms with van der Waals surface area (Å²) < 4.78 is 7.34. The van der Waals surface area contributed by atoms with Crippen molar-refractivity contribution in [3.63, 3.8) is 0 Å². The van der Waals surface area contributed by atoms with Crippen LogP contribution in [0, 0.1) is 5.92 Å². The van der Waals surface area contributed by atoms with Crippen molar-refractivity contribution in [2.24, 2.45) is 5.92 Å². The van der Waals surface area contributed by atoms with E-state index in [0.29, 0.717) is 12.0 Å². The number of nitrogens with zero attached hydrogens (tertiary/aromatic N) is 5. The molecule has 3 saturated heterocycles. The van der Waals surface area contributed by atoms with Crippen LogP contribution in [0.4, 0.5) is 4.79 Å². The van der Waals surface area contributed by atoms with Crippen molar-refractivity contribution in [2.45, 2.75) is 25.4 Å². The van der Waals surface area contributed by atoms with Gasteiger partial charge >= 0.3 is 6.03 Å². The molecule has 0 N–H and O–H groups in total. The molecule has 0 saturated carbocycles. The third-order valence-electron chi connectivity index (χ3n) is 5.83. The first-order valence-corrected chi connectivity index (χ1v) is 9.92. The van der Waals surface area contributed by atoms with Gasteiger partial charge in [0.15, 0.2) is 0 Å². The lowest BCUT2D eigenvalue weighted by molar-refractivity contribution is 0.123. The summed E-state index contributed by atoms with van der Waals surface area (Å²) in [6.45, 7) is 3.58. The highest BCUT2D eigenvalue weighted by Gasteiger charge is 2.36. The lowest BCUT2D eigenvalue weighted by Gasteiger charge is -2.35. The number of hydrogen-bond acceptors (Lipinski definition) is 4. The zero-order valence-corrected chi connectivity index (χ0v) is 16.9. The first-order chi connectivity index (χ1) is 13.5. The third-order valence-corrected chi connectivity index (χ3v) is 5.83. The van der Waals surface area contributed by atoms with Gasteiger partial charge in [-0.05, 0) is 30.9 Å². The molecule has 0 radical (unpaired) electrons. The van der Waals surface area contributed by atoms with Gasteiger partial charge in [0.05, 0.1) is 13.3 Å². The fourth-order valence-corrected chi connectivity index (χ4v) is 4.44. The molecule has 4 heterocycles. The maximum Gasteiger partial charge on any atom is 0.319 e. The van der Waals surface area contributed by atoms with E-state index in [2.05, 4.69) is 16.2 Å². The number of para-hydroxylation sites is 2. The van der Waals surface area contributed by atoms with E-state index >= 15 is 0 Å². The largest absolute Gasteiger partial charge is 0.494 e. The molecule has 2 bridgehead atoms. The van der Waals surface area contributed by atoms with Crippen LogP contribution in [0.3, 0.4) is 0 Å². The number of urea groups is 1. The summed E-state index contributed by atoms with van der Waals surface area (Å²) in [6.07, 6.45) is 6.38. The maximum atomic E-state index is 12.5. The number of carbonyl (C=O) groups excluding carboxylic acids is 1. The minimum atomic E-state index is 0.128. The molecular formula is C21H29N5O2. The number of benzene rings is 1. The third kappa shape index (κ3) is 3.71. The molecule has 7 nitrogen and oxygen atoms in total. The van der Waals surface area contributed by atoms with Crippen molar-refractivity contribution in [1.82, 2.24) is 24.5 Å². The Hall–Kier alpha value is -2.54. The van der Waals surface area contributed by atoms with E-state index in [1.807, 2.05) is 54.1 Å². The number of amides is 2. The van der Waals surface area contributed by atoms with Crippen LogP contribution in [-0.4, -0.2) is 77.4 Å². The van der Waals surface area contributed by atoms with E-state index in [0.717, 1.165) is 44.0 Å². The minimum absolute atomic E-state index is 0.128. The smallest absolute Gasteiger partial charge is 0.319 e. The van der Waals surface area contributed by atoms with Crippen LogP contribution >= 0.6 is 0 Å². The van der Waals surface area contributed by atoms with Crippen molar-refractivity contribution < 1.29 is 9.53 Å². The van der Waals surface area contributed by atoms with Crippen LogP contribution in [0.2, 0.25) is 0 Å². The van der Waals surface area contributed by atoms with Gasteiger partial charge in [-0.3, -0.25) is 4.90 Å². The number of hydrogen-bond donors (Lipinski definition) is 0. The van der Waals surface area contributed by atoms with Crippen molar-refractivity contribution in [3.05, 3.63) is 42.2 Å². The molecule has 0 unspecified atom stereocenters. The van der Waals surface area contributed by atoms with Gasteiger partial charge in [-0.15, -0.1) is 0 Å². The summed E-state index contributed by atoms with van der Waals surface area (Å²) in [5.41, 5.74) is 2.13. The number of carbonyl (C=O) groups is 1. The molecule has 28 heavy (non-hydrogen) atoms. The Balaban J connectivity index is 1.48. The Morgan fingerprint density at radius 2 is 2.04 bits per heavy atom. The molecule has 0 spiro atoms. The minimum Gasteiger partial charge on any atom is -0.494 e. The molecule has 150 valence electrons. The monoisotopic (exact) mass is 383 g/mol. The quantitative estimate of drug-likeness (QED) is 0.814. The molecule has 2 amide bonds. The number of fused-ring (bicyclic) bond motifs is 4. The Morgan fingerprint density at radius 3 is 2.82 bits per heavy atom. The van der Waals surface area contributed by atoms with Crippen LogP contribution in [0.1, 0.15) is 18.4 Å². The van der Waals surface area contributed by atoms with Crippen molar-refractivity contribution >= 4 is 6.03 Å². The van der Waals surface area contributed by atoms with Gasteiger partial charge in [0.2, 0.25) is 0 Å². The molecule has 3 aliphatic rings. The summed E-state index contributed by atoms with van der Waals surface area (Å²) in [7, 11) is 5.34. The molecule has 2 aromatic rings. The van der Waals surface area contributed by atoms with Crippen LogP contribution in [0.15, 0.2) is 36.7 Å². The van der Waals surface area contributed by atoms with Crippen LogP contribution in [0.5, 0.6) is 5.75 Å². The van der Waals surface area contributed by atoms with Crippen molar-refractivity contribution in [2.75, 3.05) is 40.8 Å². The van der Waals surface area contributed by atoms with Crippen LogP contribution in [-0.2, 0) is 6.54 Å². The van der Waals surface area contributed by atoms with E-state index in [9.17, 15) is 4.79 Å².